The highest BCUT2D eigenvalue weighted by Crippen LogP contribution is 2.30. The highest BCUT2D eigenvalue weighted by Gasteiger charge is 2.19. The van der Waals surface area contributed by atoms with Crippen molar-refractivity contribution in [2.75, 3.05) is 47.5 Å². The van der Waals surface area contributed by atoms with E-state index in [1.165, 1.54) is 5.56 Å². The van der Waals surface area contributed by atoms with Gasteiger partial charge in [-0.25, -0.2) is 4.98 Å². The van der Waals surface area contributed by atoms with E-state index in [4.69, 9.17) is 14.2 Å². The van der Waals surface area contributed by atoms with Crippen LogP contribution in [0.25, 0.3) is 10.9 Å². The molecule has 1 aliphatic rings. The number of H-pyrrole nitrogens is 1. The molecule has 0 bridgehead atoms. The number of rotatable bonds is 7. The molecule has 8 nitrogen and oxygen atoms in total. The number of fused-ring (bicyclic) bond motifs is 1. The number of nitrogens with zero attached hydrogens (tertiary/aromatic N) is 3. The Labute approximate surface area is 181 Å². The first-order chi connectivity index (χ1) is 15.1. The van der Waals surface area contributed by atoms with Crippen molar-refractivity contribution in [3.05, 3.63) is 58.1 Å². The molecule has 31 heavy (non-hydrogen) atoms. The van der Waals surface area contributed by atoms with Crippen molar-refractivity contribution in [2.45, 2.75) is 13.1 Å². The van der Waals surface area contributed by atoms with Gasteiger partial charge in [-0.3, -0.25) is 14.6 Å². The van der Waals surface area contributed by atoms with Gasteiger partial charge in [0.2, 0.25) is 0 Å². The van der Waals surface area contributed by atoms with E-state index in [1.807, 2.05) is 12.1 Å². The summed E-state index contributed by atoms with van der Waals surface area (Å²) < 4.78 is 15.9. The first-order valence-electron chi connectivity index (χ1n) is 10.3. The van der Waals surface area contributed by atoms with Crippen LogP contribution in [0, 0.1) is 0 Å². The van der Waals surface area contributed by atoms with Crippen LogP contribution >= 0.6 is 0 Å². The van der Waals surface area contributed by atoms with Crippen LogP contribution < -0.4 is 19.8 Å². The monoisotopic (exact) mass is 424 g/mol. The molecule has 1 aromatic heterocycles. The van der Waals surface area contributed by atoms with Crippen molar-refractivity contribution in [1.82, 2.24) is 19.8 Å². The van der Waals surface area contributed by atoms with Gasteiger partial charge in [0, 0.05) is 38.8 Å². The minimum Gasteiger partial charge on any atom is -0.497 e. The second-order valence-corrected chi connectivity index (χ2v) is 7.64. The van der Waals surface area contributed by atoms with Crippen molar-refractivity contribution >= 4 is 10.9 Å². The van der Waals surface area contributed by atoms with Gasteiger partial charge in [-0.1, -0.05) is 12.1 Å². The van der Waals surface area contributed by atoms with Crippen LogP contribution in [0.1, 0.15) is 11.4 Å². The molecular formula is C23H28N4O4. The summed E-state index contributed by atoms with van der Waals surface area (Å²) in [7, 11) is 4.80. The molecule has 0 spiro atoms. The van der Waals surface area contributed by atoms with Crippen LogP contribution in [0.2, 0.25) is 0 Å². The van der Waals surface area contributed by atoms with Crippen molar-refractivity contribution in [1.29, 1.82) is 0 Å². The molecule has 4 rings (SSSR count). The van der Waals surface area contributed by atoms with Crippen molar-refractivity contribution in [3.8, 4) is 17.2 Å². The normalized spacial score (nSPS) is 15.2. The van der Waals surface area contributed by atoms with Gasteiger partial charge in [-0.15, -0.1) is 0 Å². The molecule has 1 aliphatic heterocycles. The maximum Gasteiger partial charge on any atom is 0.258 e. The standard InChI is InChI=1S/C23H28N4O4/c1-29-17-6-4-16(5-7-17)14-26-8-10-27(11-9-26)15-22-24-19-13-21(31-3)20(30-2)12-18(19)23(28)25-22/h4-7,12-13H,8-11,14-15H2,1-3H3,(H,24,25,28). The van der Waals surface area contributed by atoms with Crippen LogP contribution in [0.4, 0.5) is 0 Å². The minimum absolute atomic E-state index is 0.168. The molecule has 0 radical (unpaired) electrons. The first kappa shape index (κ1) is 21.1. The third-order valence-electron chi connectivity index (χ3n) is 5.66. The largest absolute Gasteiger partial charge is 0.497 e. The Kier molecular flexibility index (Phi) is 6.39. The van der Waals surface area contributed by atoms with Crippen molar-refractivity contribution in [2.24, 2.45) is 0 Å². The highest BCUT2D eigenvalue weighted by atomic mass is 16.5. The summed E-state index contributed by atoms with van der Waals surface area (Å²) in [5.41, 5.74) is 1.72. The summed E-state index contributed by atoms with van der Waals surface area (Å²) in [6, 6.07) is 11.6. The Morgan fingerprint density at radius 3 is 2.10 bits per heavy atom. The van der Waals surface area contributed by atoms with Gasteiger partial charge in [0.05, 0.1) is 38.8 Å². The smallest absolute Gasteiger partial charge is 0.258 e. The van der Waals surface area contributed by atoms with Crippen LogP contribution in [-0.4, -0.2) is 67.3 Å². The van der Waals surface area contributed by atoms with E-state index in [0.717, 1.165) is 38.5 Å². The van der Waals surface area contributed by atoms with E-state index in [9.17, 15) is 4.79 Å². The quantitative estimate of drug-likeness (QED) is 0.623. The van der Waals surface area contributed by atoms with Crippen LogP contribution in [0.3, 0.4) is 0 Å². The fourth-order valence-electron chi connectivity index (χ4n) is 3.90. The van der Waals surface area contributed by atoms with Gasteiger partial charge in [-0.2, -0.15) is 0 Å². The molecule has 0 unspecified atom stereocenters. The number of methoxy groups -OCH3 is 3. The fourth-order valence-corrected chi connectivity index (χ4v) is 3.90. The minimum atomic E-state index is -0.168. The number of aromatic nitrogens is 2. The van der Waals surface area contributed by atoms with Gasteiger partial charge < -0.3 is 19.2 Å². The molecule has 8 heteroatoms. The van der Waals surface area contributed by atoms with Gasteiger partial charge in [-0.05, 0) is 23.8 Å². The Balaban J connectivity index is 1.40. The molecule has 1 fully saturated rings. The van der Waals surface area contributed by atoms with Gasteiger partial charge in [0.15, 0.2) is 11.5 Å². The maximum absolute atomic E-state index is 12.6. The molecule has 0 atom stereocenters. The van der Waals surface area contributed by atoms with Crippen LogP contribution in [0.15, 0.2) is 41.2 Å². The molecule has 0 aliphatic carbocycles. The zero-order valence-corrected chi connectivity index (χ0v) is 18.2. The van der Waals surface area contributed by atoms with Crippen LogP contribution in [0.5, 0.6) is 17.2 Å². The van der Waals surface area contributed by atoms with E-state index in [-0.39, 0.29) is 5.56 Å². The Morgan fingerprint density at radius 1 is 0.871 bits per heavy atom. The SMILES string of the molecule is COc1ccc(CN2CCN(Cc3nc4cc(OC)c(OC)cc4c(=O)[nH]3)CC2)cc1. The Hall–Kier alpha value is -3.10. The summed E-state index contributed by atoms with van der Waals surface area (Å²) in [4.78, 5) is 24.9. The second-order valence-electron chi connectivity index (χ2n) is 7.64. The van der Waals surface area contributed by atoms with Gasteiger partial charge in [0.25, 0.3) is 5.56 Å². The molecule has 2 heterocycles. The second kappa shape index (κ2) is 9.36. The summed E-state index contributed by atoms with van der Waals surface area (Å²) in [5, 5.41) is 0.491. The summed E-state index contributed by atoms with van der Waals surface area (Å²) in [6.45, 7) is 5.30. The zero-order valence-electron chi connectivity index (χ0n) is 18.2. The number of nitrogens with one attached hydrogen (secondary N) is 1. The predicted octanol–water partition coefficient (Wildman–Crippen LogP) is 2.27. The molecule has 164 valence electrons. The molecule has 1 saturated heterocycles. The Morgan fingerprint density at radius 2 is 1.48 bits per heavy atom. The molecule has 1 N–H and O–H groups in total. The third-order valence-corrected chi connectivity index (χ3v) is 5.66. The zero-order chi connectivity index (χ0) is 21.8. The molecule has 3 aromatic rings. The lowest BCUT2D eigenvalue weighted by molar-refractivity contribution is 0.120. The average molecular weight is 425 g/mol. The molecular weight excluding hydrogens is 396 g/mol. The number of ether oxygens (including phenoxy) is 3. The number of aromatic amines is 1. The van der Waals surface area contributed by atoms with E-state index in [0.29, 0.717) is 34.8 Å². The number of benzene rings is 2. The maximum atomic E-state index is 12.6. The van der Waals surface area contributed by atoms with Crippen molar-refractivity contribution in [3.63, 3.8) is 0 Å². The van der Waals surface area contributed by atoms with E-state index < -0.39 is 0 Å². The molecule has 0 saturated carbocycles. The Bertz CT molecular complexity index is 1090. The highest BCUT2D eigenvalue weighted by molar-refractivity contribution is 5.81. The fraction of sp³-hybridized carbons (Fsp3) is 0.391. The van der Waals surface area contributed by atoms with Gasteiger partial charge in [0.1, 0.15) is 11.6 Å². The number of hydrogen-bond acceptors (Lipinski definition) is 7. The lowest BCUT2D eigenvalue weighted by Gasteiger charge is -2.34. The summed E-state index contributed by atoms with van der Waals surface area (Å²) >= 11 is 0. The molecule has 0 amide bonds. The predicted molar refractivity (Wildman–Crippen MR) is 119 cm³/mol. The lowest BCUT2D eigenvalue weighted by Crippen LogP contribution is -2.45. The topological polar surface area (TPSA) is 79.9 Å². The van der Waals surface area contributed by atoms with E-state index >= 15 is 0 Å². The average Bonchev–Trinajstić information content (AvgIpc) is 2.80. The third kappa shape index (κ3) is 4.81. The van der Waals surface area contributed by atoms with Crippen LogP contribution in [-0.2, 0) is 13.1 Å². The van der Waals surface area contributed by atoms with E-state index in [1.54, 1.807) is 33.5 Å². The van der Waals surface area contributed by atoms with Gasteiger partial charge >= 0.3 is 0 Å². The number of hydrogen-bond donors (Lipinski definition) is 1. The summed E-state index contributed by atoms with van der Waals surface area (Å²) in [6.07, 6.45) is 0. The number of piperazine rings is 1. The van der Waals surface area contributed by atoms with Crippen molar-refractivity contribution < 1.29 is 14.2 Å². The lowest BCUT2D eigenvalue weighted by atomic mass is 10.2. The molecule has 2 aromatic carbocycles. The summed E-state index contributed by atoms with van der Waals surface area (Å²) in [5.74, 6) is 2.61. The van der Waals surface area contributed by atoms with E-state index in [2.05, 4.69) is 31.9 Å². The first-order valence-corrected chi connectivity index (χ1v) is 10.3.